The molecular formula is C10H13NO2S. The lowest BCUT2D eigenvalue weighted by atomic mass is 10.2. The van der Waals surface area contributed by atoms with Gasteiger partial charge in [-0.1, -0.05) is 30.3 Å². The average molecular weight is 211 g/mol. The Balaban J connectivity index is 2.08. The summed E-state index contributed by atoms with van der Waals surface area (Å²) in [7, 11) is -2.97. The molecule has 2 rings (SSSR count). The van der Waals surface area contributed by atoms with E-state index in [1.165, 1.54) is 4.31 Å². The zero-order valence-corrected chi connectivity index (χ0v) is 8.87. The fourth-order valence-electron chi connectivity index (χ4n) is 1.60. The van der Waals surface area contributed by atoms with Gasteiger partial charge < -0.3 is 0 Å². The Hall–Kier alpha value is -0.870. The van der Waals surface area contributed by atoms with Gasteiger partial charge in [-0.3, -0.25) is 0 Å². The second-order valence-corrected chi connectivity index (χ2v) is 5.98. The number of rotatable bonds is 2. The van der Waals surface area contributed by atoms with Crippen molar-refractivity contribution < 1.29 is 8.42 Å². The zero-order chi connectivity index (χ0) is 10.2. The van der Waals surface area contributed by atoms with Crippen molar-refractivity contribution in [2.24, 2.45) is 0 Å². The predicted octanol–water partition coefficient (Wildman–Crippen LogP) is 1.22. The summed E-state index contributed by atoms with van der Waals surface area (Å²) in [5.41, 5.74) is 1.04. The molecular weight excluding hydrogens is 198 g/mol. The van der Waals surface area contributed by atoms with Gasteiger partial charge in [0.05, 0.1) is 5.25 Å². The zero-order valence-electron chi connectivity index (χ0n) is 8.05. The van der Waals surface area contributed by atoms with Crippen molar-refractivity contribution in [2.45, 2.75) is 18.7 Å². The molecule has 4 heteroatoms. The molecule has 0 aliphatic carbocycles. The van der Waals surface area contributed by atoms with E-state index in [1.54, 1.807) is 6.92 Å². The van der Waals surface area contributed by atoms with E-state index in [0.717, 1.165) is 5.56 Å². The van der Waals surface area contributed by atoms with E-state index in [-0.39, 0.29) is 5.25 Å². The lowest BCUT2D eigenvalue weighted by Gasteiger charge is -2.36. The summed E-state index contributed by atoms with van der Waals surface area (Å²) in [5.74, 6) is 0. The van der Waals surface area contributed by atoms with Gasteiger partial charge in [0.15, 0.2) is 0 Å². The molecule has 1 aliphatic rings. The summed E-state index contributed by atoms with van der Waals surface area (Å²) in [6.07, 6.45) is 0. The Morgan fingerprint density at radius 3 is 2.50 bits per heavy atom. The molecule has 1 aliphatic heterocycles. The predicted molar refractivity (Wildman–Crippen MR) is 55.2 cm³/mol. The Bertz CT molecular complexity index is 413. The number of hydrogen-bond acceptors (Lipinski definition) is 2. The maximum atomic E-state index is 11.5. The largest absolute Gasteiger partial charge is 0.218 e. The molecule has 0 amide bonds. The van der Waals surface area contributed by atoms with Gasteiger partial charge in [-0.2, -0.15) is 4.31 Å². The molecule has 1 aromatic carbocycles. The van der Waals surface area contributed by atoms with Gasteiger partial charge in [0.25, 0.3) is 0 Å². The van der Waals surface area contributed by atoms with Crippen LogP contribution in [-0.4, -0.2) is 24.5 Å². The fourth-order valence-corrected chi connectivity index (χ4v) is 2.98. The second kappa shape index (κ2) is 3.37. The normalized spacial score (nSPS) is 25.6. The van der Waals surface area contributed by atoms with E-state index in [1.807, 2.05) is 30.3 Å². The van der Waals surface area contributed by atoms with Crippen molar-refractivity contribution >= 4 is 10.0 Å². The van der Waals surface area contributed by atoms with Gasteiger partial charge in [-0.25, -0.2) is 8.42 Å². The lowest BCUT2D eigenvalue weighted by Crippen LogP contribution is -2.53. The summed E-state index contributed by atoms with van der Waals surface area (Å²) in [4.78, 5) is 0. The number of nitrogens with zero attached hydrogens (tertiary/aromatic N) is 1. The summed E-state index contributed by atoms with van der Waals surface area (Å²) < 4.78 is 24.5. The molecule has 76 valence electrons. The maximum Gasteiger partial charge on any atom is 0.218 e. The topological polar surface area (TPSA) is 37.4 Å². The van der Waals surface area contributed by atoms with Gasteiger partial charge >= 0.3 is 0 Å². The van der Waals surface area contributed by atoms with Gasteiger partial charge in [-0.15, -0.1) is 0 Å². The van der Waals surface area contributed by atoms with Crippen LogP contribution in [0.1, 0.15) is 12.5 Å². The Labute approximate surface area is 84.4 Å². The highest BCUT2D eigenvalue weighted by Crippen LogP contribution is 2.23. The maximum absolute atomic E-state index is 11.5. The molecule has 0 radical (unpaired) electrons. The minimum atomic E-state index is -2.97. The first kappa shape index (κ1) is 9.68. The van der Waals surface area contributed by atoms with Gasteiger partial charge in [-0.05, 0) is 12.5 Å². The molecule has 1 atom stereocenters. The average Bonchev–Trinajstić information content (AvgIpc) is 2.19. The van der Waals surface area contributed by atoms with E-state index in [4.69, 9.17) is 0 Å². The summed E-state index contributed by atoms with van der Waals surface area (Å²) in [6.45, 7) is 2.90. The molecule has 14 heavy (non-hydrogen) atoms. The fraction of sp³-hybridized carbons (Fsp3) is 0.400. The minimum Gasteiger partial charge on any atom is -0.212 e. The highest BCUT2D eigenvalue weighted by atomic mass is 32.2. The molecule has 1 heterocycles. The highest BCUT2D eigenvalue weighted by Gasteiger charge is 2.40. The van der Waals surface area contributed by atoms with Gasteiger partial charge in [0, 0.05) is 13.1 Å². The Morgan fingerprint density at radius 1 is 1.36 bits per heavy atom. The molecule has 1 saturated heterocycles. The van der Waals surface area contributed by atoms with Crippen LogP contribution in [0.15, 0.2) is 30.3 Å². The molecule has 0 aromatic heterocycles. The van der Waals surface area contributed by atoms with Crippen LogP contribution >= 0.6 is 0 Å². The van der Waals surface area contributed by atoms with Crippen molar-refractivity contribution in [1.29, 1.82) is 0 Å². The SMILES string of the molecule is CC1CN(Cc2ccccc2)S1(=O)=O. The van der Waals surface area contributed by atoms with Crippen LogP contribution in [0.5, 0.6) is 0 Å². The van der Waals surface area contributed by atoms with Crippen LogP contribution in [0, 0.1) is 0 Å². The quantitative estimate of drug-likeness (QED) is 0.737. The third kappa shape index (κ3) is 1.55. The summed E-state index contributed by atoms with van der Waals surface area (Å²) >= 11 is 0. The molecule has 1 aromatic rings. The first-order chi connectivity index (χ1) is 6.60. The molecule has 0 spiro atoms. The van der Waals surface area contributed by atoms with Crippen LogP contribution in [0.4, 0.5) is 0 Å². The number of hydrogen-bond donors (Lipinski definition) is 0. The number of sulfonamides is 1. The molecule has 0 bridgehead atoms. The minimum absolute atomic E-state index is 0.203. The third-order valence-corrected chi connectivity index (χ3v) is 4.69. The molecule has 1 unspecified atom stereocenters. The van der Waals surface area contributed by atoms with Gasteiger partial charge in [0.1, 0.15) is 0 Å². The molecule has 3 nitrogen and oxygen atoms in total. The van der Waals surface area contributed by atoms with Crippen LogP contribution in [0.25, 0.3) is 0 Å². The van der Waals surface area contributed by atoms with Crippen LogP contribution in [0.2, 0.25) is 0 Å². The van der Waals surface area contributed by atoms with Gasteiger partial charge in [0.2, 0.25) is 10.0 Å². The van der Waals surface area contributed by atoms with Crippen molar-refractivity contribution in [3.8, 4) is 0 Å². The second-order valence-electron chi connectivity index (χ2n) is 3.63. The van der Waals surface area contributed by atoms with Crippen LogP contribution < -0.4 is 0 Å². The molecule has 1 fully saturated rings. The Kier molecular flexibility index (Phi) is 2.33. The molecule has 0 N–H and O–H groups in total. The summed E-state index contributed by atoms with van der Waals surface area (Å²) in [5, 5.41) is -0.203. The van der Waals surface area contributed by atoms with E-state index in [9.17, 15) is 8.42 Å². The first-order valence-electron chi connectivity index (χ1n) is 4.63. The lowest BCUT2D eigenvalue weighted by molar-refractivity contribution is 0.345. The van der Waals surface area contributed by atoms with Crippen molar-refractivity contribution in [3.05, 3.63) is 35.9 Å². The van der Waals surface area contributed by atoms with Crippen LogP contribution in [0.3, 0.4) is 0 Å². The summed E-state index contributed by atoms with van der Waals surface area (Å²) in [6, 6.07) is 9.66. The van der Waals surface area contributed by atoms with Crippen molar-refractivity contribution in [3.63, 3.8) is 0 Å². The standard InChI is InChI=1S/C10H13NO2S/c1-9-7-11(14(9,12)13)8-10-5-3-2-4-6-10/h2-6,9H,7-8H2,1H3. The van der Waals surface area contributed by atoms with E-state index in [2.05, 4.69) is 0 Å². The highest BCUT2D eigenvalue weighted by molar-refractivity contribution is 7.91. The van der Waals surface area contributed by atoms with E-state index >= 15 is 0 Å². The van der Waals surface area contributed by atoms with Crippen molar-refractivity contribution in [2.75, 3.05) is 6.54 Å². The monoisotopic (exact) mass is 211 g/mol. The Morgan fingerprint density at radius 2 is 2.00 bits per heavy atom. The van der Waals surface area contributed by atoms with E-state index in [0.29, 0.717) is 13.1 Å². The van der Waals surface area contributed by atoms with E-state index < -0.39 is 10.0 Å². The first-order valence-corrected chi connectivity index (χ1v) is 6.14. The number of benzene rings is 1. The third-order valence-electron chi connectivity index (χ3n) is 2.53. The van der Waals surface area contributed by atoms with Crippen LogP contribution in [-0.2, 0) is 16.6 Å². The van der Waals surface area contributed by atoms with Crippen molar-refractivity contribution in [1.82, 2.24) is 4.31 Å². The molecule has 0 saturated carbocycles. The smallest absolute Gasteiger partial charge is 0.212 e.